The van der Waals surface area contributed by atoms with Crippen LogP contribution in [0.3, 0.4) is 0 Å². The smallest absolute Gasteiger partial charge is 0.0647 e. The summed E-state index contributed by atoms with van der Waals surface area (Å²) in [6, 6.07) is 0. The van der Waals surface area contributed by atoms with Crippen LogP contribution in [0, 0.1) is 0 Å². The lowest BCUT2D eigenvalue weighted by atomic mass is 10.6. The second-order valence-electron chi connectivity index (χ2n) is 1.79. The van der Waals surface area contributed by atoms with Crippen molar-refractivity contribution in [3.8, 4) is 0 Å². The zero-order chi connectivity index (χ0) is 6.15. The summed E-state index contributed by atoms with van der Waals surface area (Å²) in [6.07, 6.45) is 0. The first-order chi connectivity index (χ1) is 3.72. The third kappa shape index (κ3) is 0.977. The molecule has 0 aromatic heterocycles. The predicted octanol–water partition coefficient (Wildman–Crippen LogP) is 1.34. The van der Waals surface area contributed by atoms with E-state index >= 15 is 0 Å². The molecule has 1 aliphatic heterocycles. The van der Waals surface area contributed by atoms with Gasteiger partial charge in [0.15, 0.2) is 0 Å². The molecule has 8 heavy (non-hydrogen) atoms. The van der Waals surface area contributed by atoms with Gasteiger partial charge in [0.1, 0.15) is 0 Å². The van der Waals surface area contributed by atoms with Gasteiger partial charge in [-0.05, 0) is 6.92 Å². The molecule has 0 aromatic carbocycles. The van der Waals surface area contributed by atoms with Crippen molar-refractivity contribution in [2.75, 3.05) is 5.75 Å². The molecular weight excluding hydrogens is 140 g/mol. The van der Waals surface area contributed by atoms with Crippen LogP contribution in [0.4, 0.5) is 0 Å². The van der Waals surface area contributed by atoms with Gasteiger partial charge in [0.25, 0.3) is 0 Å². The minimum Gasteiger partial charge on any atom is -0.254 e. The van der Waals surface area contributed by atoms with E-state index in [4.69, 9.17) is 0 Å². The quantitative estimate of drug-likeness (QED) is 0.515. The van der Waals surface area contributed by atoms with Gasteiger partial charge >= 0.3 is 0 Å². The largest absolute Gasteiger partial charge is 0.254 e. The molecular formula is C5H8OS2. The Morgan fingerprint density at radius 3 is 2.75 bits per heavy atom. The van der Waals surface area contributed by atoms with Gasteiger partial charge in [-0.3, -0.25) is 4.21 Å². The van der Waals surface area contributed by atoms with Crippen molar-refractivity contribution in [2.24, 2.45) is 0 Å². The maximum atomic E-state index is 10.9. The summed E-state index contributed by atoms with van der Waals surface area (Å²) in [6.45, 7) is 5.64. The molecule has 0 radical (unpaired) electrons. The highest BCUT2D eigenvalue weighted by Gasteiger charge is 2.22. The van der Waals surface area contributed by atoms with Gasteiger partial charge in [-0.25, -0.2) is 0 Å². The van der Waals surface area contributed by atoms with Crippen LogP contribution in [-0.2, 0) is 10.8 Å². The lowest BCUT2D eigenvalue weighted by Gasteiger charge is -1.92. The summed E-state index contributed by atoms with van der Waals surface area (Å²) in [5.74, 6) is 0.978. The second kappa shape index (κ2) is 2.23. The first-order valence-electron chi connectivity index (χ1n) is 2.44. The van der Waals surface area contributed by atoms with E-state index in [1.54, 1.807) is 11.8 Å². The SMILES string of the molecule is C=C1SC[C@H](C)S1=O. The summed E-state index contributed by atoms with van der Waals surface area (Å²) in [5.41, 5.74) is 0. The Labute approximate surface area is 56.0 Å². The van der Waals surface area contributed by atoms with Gasteiger partial charge in [-0.1, -0.05) is 6.58 Å². The number of hydrogen-bond donors (Lipinski definition) is 0. The molecule has 0 amide bonds. The average molecular weight is 148 g/mol. The molecule has 1 aliphatic rings. The molecule has 0 bridgehead atoms. The maximum absolute atomic E-state index is 10.9. The predicted molar refractivity (Wildman–Crippen MR) is 39.2 cm³/mol. The van der Waals surface area contributed by atoms with Crippen LogP contribution in [0.25, 0.3) is 0 Å². The third-order valence-corrected chi connectivity index (χ3v) is 4.46. The molecule has 0 spiro atoms. The van der Waals surface area contributed by atoms with Crippen molar-refractivity contribution in [2.45, 2.75) is 12.2 Å². The van der Waals surface area contributed by atoms with Crippen molar-refractivity contribution in [1.29, 1.82) is 0 Å². The average Bonchev–Trinajstić information content (AvgIpc) is 1.98. The van der Waals surface area contributed by atoms with Crippen LogP contribution in [0.15, 0.2) is 10.8 Å². The second-order valence-corrected chi connectivity index (χ2v) is 5.06. The Kier molecular flexibility index (Phi) is 1.77. The van der Waals surface area contributed by atoms with Crippen molar-refractivity contribution >= 4 is 22.6 Å². The molecule has 46 valence electrons. The Morgan fingerprint density at radius 1 is 2.00 bits per heavy atom. The minimum atomic E-state index is -0.744. The molecule has 1 fully saturated rings. The maximum Gasteiger partial charge on any atom is 0.0647 e. The topological polar surface area (TPSA) is 17.1 Å². The zero-order valence-corrected chi connectivity index (χ0v) is 6.35. The Hall–Kier alpha value is 0.240. The third-order valence-electron chi connectivity index (χ3n) is 1.07. The van der Waals surface area contributed by atoms with Crippen molar-refractivity contribution in [3.05, 3.63) is 10.8 Å². The van der Waals surface area contributed by atoms with E-state index in [2.05, 4.69) is 6.58 Å². The monoisotopic (exact) mass is 148 g/mol. The van der Waals surface area contributed by atoms with Crippen LogP contribution in [0.2, 0.25) is 0 Å². The first kappa shape index (κ1) is 6.36. The molecule has 0 aliphatic carbocycles. The minimum absolute atomic E-state index is 0.326. The molecule has 1 nitrogen and oxygen atoms in total. The standard InChI is InChI=1S/C5H8OS2/c1-4-3-7-5(2)8(4)6/h4H,2-3H2,1H3/t4-,8?/m0/s1. The summed E-state index contributed by atoms with van der Waals surface area (Å²) >= 11 is 1.62. The van der Waals surface area contributed by atoms with Gasteiger partial charge in [-0.15, -0.1) is 11.8 Å². The first-order valence-corrected chi connectivity index (χ1v) is 4.64. The molecule has 2 atom stereocenters. The molecule has 1 saturated heterocycles. The fraction of sp³-hybridized carbons (Fsp3) is 0.600. The summed E-state index contributed by atoms with van der Waals surface area (Å²) in [7, 11) is -0.744. The van der Waals surface area contributed by atoms with Gasteiger partial charge in [-0.2, -0.15) is 0 Å². The lowest BCUT2D eigenvalue weighted by Crippen LogP contribution is -2.03. The number of thioether (sulfide) groups is 1. The van der Waals surface area contributed by atoms with Crippen LogP contribution in [0.5, 0.6) is 0 Å². The molecule has 1 rings (SSSR count). The van der Waals surface area contributed by atoms with Crippen LogP contribution < -0.4 is 0 Å². The van der Waals surface area contributed by atoms with E-state index in [1.165, 1.54) is 0 Å². The Bertz CT molecular complexity index is 141. The number of rotatable bonds is 0. The van der Waals surface area contributed by atoms with E-state index in [1.807, 2.05) is 6.92 Å². The summed E-state index contributed by atoms with van der Waals surface area (Å²) in [4.78, 5) is 0. The van der Waals surface area contributed by atoms with Crippen molar-refractivity contribution in [3.63, 3.8) is 0 Å². The van der Waals surface area contributed by atoms with E-state index in [0.29, 0.717) is 5.25 Å². The molecule has 0 aromatic rings. The highest BCUT2D eigenvalue weighted by Crippen LogP contribution is 2.29. The molecule has 0 saturated carbocycles. The normalized spacial score (nSPS) is 38.4. The molecule has 1 unspecified atom stereocenters. The highest BCUT2D eigenvalue weighted by atomic mass is 32.2. The molecule has 3 heteroatoms. The van der Waals surface area contributed by atoms with E-state index in [9.17, 15) is 4.21 Å². The van der Waals surface area contributed by atoms with E-state index < -0.39 is 10.8 Å². The summed E-state index contributed by atoms with van der Waals surface area (Å²) < 4.78 is 11.7. The van der Waals surface area contributed by atoms with Gasteiger partial charge < -0.3 is 0 Å². The Morgan fingerprint density at radius 2 is 2.62 bits per heavy atom. The van der Waals surface area contributed by atoms with Crippen molar-refractivity contribution in [1.82, 2.24) is 0 Å². The van der Waals surface area contributed by atoms with Crippen molar-refractivity contribution < 1.29 is 4.21 Å². The molecule has 1 heterocycles. The van der Waals surface area contributed by atoms with Crippen LogP contribution >= 0.6 is 11.8 Å². The van der Waals surface area contributed by atoms with Crippen LogP contribution in [0.1, 0.15) is 6.92 Å². The fourth-order valence-electron chi connectivity index (χ4n) is 0.555. The van der Waals surface area contributed by atoms with Gasteiger partial charge in [0.2, 0.25) is 0 Å². The van der Waals surface area contributed by atoms with Crippen LogP contribution in [-0.4, -0.2) is 15.2 Å². The Balaban J connectivity index is 2.71. The van der Waals surface area contributed by atoms with E-state index in [-0.39, 0.29) is 0 Å². The number of hydrogen-bond acceptors (Lipinski definition) is 2. The van der Waals surface area contributed by atoms with Gasteiger partial charge in [0, 0.05) is 11.0 Å². The summed E-state index contributed by atoms with van der Waals surface area (Å²) in [5, 5.41) is 0.326. The molecule has 0 N–H and O–H groups in total. The van der Waals surface area contributed by atoms with Gasteiger partial charge in [0.05, 0.1) is 15.0 Å². The lowest BCUT2D eigenvalue weighted by molar-refractivity contribution is 0.683. The zero-order valence-electron chi connectivity index (χ0n) is 4.72. The fourth-order valence-corrected chi connectivity index (χ4v) is 3.28. The van der Waals surface area contributed by atoms with E-state index in [0.717, 1.165) is 9.99 Å². The highest BCUT2D eigenvalue weighted by molar-refractivity contribution is 8.19.